The van der Waals surface area contributed by atoms with Gasteiger partial charge in [0.1, 0.15) is 5.75 Å². The second-order valence-corrected chi connectivity index (χ2v) is 4.10. The standard InChI is InChI=1S/C11H13BrO3/c1-3-7-4-9(12)5-8(6-10(13)14)11(7)15-2/h4-5H,3,6H2,1-2H3,(H,13,14). The lowest BCUT2D eigenvalue weighted by Gasteiger charge is -2.12. The van der Waals surface area contributed by atoms with E-state index >= 15 is 0 Å². The summed E-state index contributed by atoms with van der Waals surface area (Å²) in [5.74, 6) is -0.170. The Hall–Kier alpha value is -1.03. The fraction of sp³-hybridized carbons (Fsp3) is 0.364. The number of carboxylic acid groups (broad SMARTS) is 1. The molecule has 0 aliphatic carbocycles. The molecule has 1 aromatic rings. The highest BCUT2D eigenvalue weighted by molar-refractivity contribution is 9.10. The van der Waals surface area contributed by atoms with Crippen LogP contribution in [0.1, 0.15) is 18.1 Å². The lowest BCUT2D eigenvalue weighted by atomic mass is 10.0. The quantitative estimate of drug-likeness (QED) is 0.917. The second-order valence-electron chi connectivity index (χ2n) is 3.18. The average molecular weight is 273 g/mol. The number of hydrogen-bond acceptors (Lipinski definition) is 2. The molecule has 1 N–H and O–H groups in total. The maximum absolute atomic E-state index is 10.7. The van der Waals surface area contributed by atoms with Crippen LogP contribution in [0.5, 0.6) is 5.75 Å². The molecule has 0 fully saturated rings. The lowest BCUT2D eigenvalue weighted by molar-refractivity contribution is -0.136. The van der Waals surface area contributed by atoms with Crippen LogP contribution in [0.3, 0.4) is 0 Å². The Bertz CT molecular complexity index is 374. The van der Waals surface area contributed by atoms with Crippen LogP contribution in [0.15, 0.2) is 16.6 Å². The third-order valence-corrected chi connectivity index (χ3v) is 2.59. The smallest absolute Gasteiger partial charge is 0.307 e. The van der Waals surface area contributed by atoms with Gasteiger partial charge in [-0.05, 0) is 24.1 Å². The monoisotopic (exact) mass is 272 g/mol. The van der Waals surface area contributed by atoms with E-state index in [0.717, 1.165) is 16.5 Å². The number of benzene rings is 1. The Morgan fingerprint density at radius 2 is 2.07 bits per heavy atom. The molecular formula is C11H13BrO3. The molecule has 0 amide bonds. The van der Waals surface area contributed by atoms with Gasteiger partial charge in [-0.2, -0.15) is 0 Å². The van der Waals surface area contributed by atoms with Crippen molar-refractivity contribution in [2.45, 2.75) is 19.8 Å². The van der Waals surface area contributed by atoms with Crippen molar-refractivity contribution in [1.29, 1.82) is 0 Å². The summed E-state index contributed by atoms with van der Waals surface area (Å²) in [7, 11) is 1.56. The minimum atomic E-state index is -0.853. The first-order valence-electron chi connectivity index (χ1n) is 4.65. The van der Waals surface area contributed by atoms with Gasteiger partial charge in [-0.25, -0.2) is 0 Å². The molecule has 0 spiro atoms. The van der Waals surface area contributed by atoms with Crippen LogP contribution in [0.25, 0.3) is 0 Å². The van der Waals surface area contributed by atoms with E-state index in [9.17, 15) is 4.79 Å². The second kappa shape index (κ2) is 5.16. The van der Waals surface area contributed by atoms with Gasteiger partial charge in [0.05, 0.1) is 13.5 Å². The van der Waals surface area contributed by atoms with Crippen molar-refractivity contribution in [2.24, 2.45) is 0 Å². The molecule has 1 aromatic carbocycles. The summed E-state index contributed by atoms with van der Waals surface area (Å²) in [6.45, 7) is 2.01. The fourth-order valence-corrected chi connectivity index (χ4v) is 2.08. The molecule has 0 atom stereocenters. The van der Waals surface area contributed by atoms with Crippen molar-refractivity contribution < 1.29 is 14.6 Å². The van der Waals surface area contributed by atoms with E-state index in [0.29, 0.717) is 11.3 Å². The van der Waals surface area contributed by atoms with E-state index in [-0.39, 0.29) is 6.42 Å². The summed E-state index contributed by atoms with van der Waals surface area (Å²) in [5, 5.41) is 8.77. The number of aliphatic carboxylic acids is 1. The first-order valence-corrected chi connectivity index (χ1v) is 5.44. The van der Waals surface area contributed by atoms with Gasteiger partial charge in [0.2, 0.25) is 0 Å². The van der Waals surface area contributed by atoms with Crippen LogP contribution in [0.2, 0.25) is 0 Å². The Labute approximate surface area is 97.2 Å². The summed E-state index contributed by atoms with van der Waals surface area (Å²) in [5.41, 5.74) is 1.72. The average Bonchev–Trinajstić information content (AvgIpc) is 2.15. The number of aryl methyl sites for hydroxylation is 1. The van der Waals surface area contributed by atoms with Crippen molar-refractivity contribution in [1.82, 2.24) is 0 Å². The van der Waals surface area contributed by atoms with Crippen LogP contribution in [-0.4, -0.2) is 18.2 Å². The Balaban J connectivity index is 3.22. The van der Waals surface area contributed by atoms with E-state index in [2.05, 4.69) is 15.9 Å². The van der Waals surface area contributed by atoms with Gasteiger partial charge in [0.25, 0.3) is 0 Å². The minimum Gasteiger partial charge on any atom is -0.496 e. The summed E-state index contributed by atoms with van der Waals surface area (Å²) in [6.07, 6.45) is 0.796. The zero-order valence-electron chi connectivity index (χ0n) is 8.71. The van der Waals surface area contributed by atoms with E-state index in [1.165, 1.54) is 0 Å². The Morgan fingerprint density at radius 3 is 2.53 bits per heavy atom. The number of halogens is 1. The fourth-order valence-electron chi connectivity index (χ4n) is 1.53. The summed E-state index contributed by atoms with van der Waals surface area (Å²) in [6, 6.07) is 3.73. The summed E-state index contributed by atoms with van der Waals surface area (Å²) in [4.78, 5) is 10.7. The number of carboxylic acids is 1. The largest absolute Gasteiger partial charge is 0.496 e. The van der Waals surface area contributed by atoms with Crippen LogP contribution < -0.4 is 4.74 Å². The molecule has 0 heterocycles. The van der Waals surface area contributed by atoms with Crippen LogP contribution in [0.4, 0.5) is 0 Å². The third-order valence-electron chi connectivity index (χ3n) is 2.13. The molecule has 0 bridgehead atoms. The van der Waals surface area contributed by atoms with E-state index in [1.807, 2.05) is 13.0 Å². The number of rotatable bonds is 4. The van der Waals surface area contributed by atoms with Gasteiger partial charge in [-0.1, -0.05) is 22.9 Å². The zero-order valence-corrected chi connectivity index (χ0v) is 10.3. The van der Waals surface area contributed by atoms with Crippen LogP contribution in [-0.2, 0) is 17.6 Å². The lowest BCUT2D eigenvalue weighted by Crippen LogP contribution is -2.04. The number of methoxy groups -OCH3 is 1. The molecule has 15 heavy (non-hydrogen) atoms. The summed E-state index contributed by atoms with van der Waals surface area (Å²) < 4.78 is 6.12. The van der Waals surface area contributed by atoms with Crippen LogP contribution >= 0.6 is 15.9 Å². The van der Waals surface area contributed by atoms with E-state index in [1.54, 1.807) is 13.2 Å². The SMILES string of the molecule is CCc1cc(Br)cc(CC(=O)O)c1OC. The van der Waals surface area contributed by atoms with Crippen molar-refractivity contribution in [3.63, 3.8) is 0 Å². The highest BCUT2D eigenvalue weighted by Crippen LogP contribution is 2.29. The van der Waals surface area contributed by atoms with Crippen molar-refractivity contribution in [3.05, 3.63) is 27.7 Å². The first kappa shape index (κ1) is 12.0. The molecule has 1 rings (SSSR count). The molecule has 0 saturated heterocycles. The first-order chi connectivity index (χ1) is 7.08. The third kappa shape index (κ3) is 2.96. The molecule has 0 aliphatic rings. The zero-order chi connectivity index (χ0) is 11.4. The molecule has 0 unspecified atom stereocenters. The van der Waals surface area contributed by atoms with Crippen LogP contribution in [0, 0.1) is 0 Å². The molecule has 3 nitrogen and oxygen atoms in total. The van der Waals surface area contributed by atoms with E-state index < -0.39 is 5.97 Å². The predicted octanol–water partition coefficient (Wildman–Crippen LogP) is 2.65. The maximum atomic E-state index is 10.7. The number of carbonyl (C=O) groups is 1. The molecule has 0 aliphatic heterocycles. The Kier molecular flexibility index (Phi) is 4.15. The molecule has 4 heteroatoms. The Morgan fingerprint density at radius 1 is 1.47 bits per heavy atom. The highest BCUT2D eigenvalue weighted by Gasteiger charge is 2.12. The number of hydrogen-bond donors (Lipinski definition) is 1. The maximum Gasteiger partial charge on any atom is 0.307 e. The topological polar surface area (TPSA) is 46.5 Å². The van der Waals surface area contributed by atoms with Gasteiger partial charge in [-0.15, -0.1) is 0 Å². The van der Waals surface area contributed by atoms with Gasteiger partial charge in [0, 0.05) is 10.0 Å². The molecular weight excluding hydrogens is 260 g/mol. The normalized spacial score (nSPS) is 10.1. The van der Waals surface area contributed by atoms with E-state index in [4.69, 9.17) is 9.84 Å². The summed E-state index contributed by atoms with van der Waals surface area (Å²) >= 11 is 3.36. The molecule has 0 radical (unpaired) electrons. The van der Waals surface area contributed by atoms with Crippen molar-refractivity contribution >= 4 is 21.9 Å². The van der Waals surface area contributed by atoms with Gasteiger partial charge in [-0.3, -0.25) is 4.79 Å². The van der Waals surface area contributed by atoms with Crippen molar-refractivity contribution in [3.8, 4) is 5.75 Å². The van der Waals surface area contributed by atoms with Gasteiger partial charge in [0.15, 0.2) is 0 Å². The molecule has 82 valence electrons. The predicted molar refractivity (Wildman–Crippen MR) is 61.4 cm³/mol. The molecule has 0 aromatic heterocycles. The minimum absolute atomic E-state index is 0.0182. The number of ether oxygens (including phenoxy) is 1. The van der Waals surface area contributed by atoms with Gasteiger partial charge >= 0.3 is 5.97 Å². The highest BCUT2D eigenvalue weighted by atomic mass is 79.9. The van der Waals surface area contributed by atoms with Gasteiger partial charge < -0.3 is 9.84 Å². The van der Waals surface area contributed by atoms with Crippen molar-refractivity contribution in [2.75, 3.05) is 7.11 Å². The molecule has 0 saturated carbocycles.